The number of nitrogens with one attached hydrogen (secondary N) is 1. The van der Waals surface area contributed by atoms with Crippen molar-refractivity contribution >= 4 is 10.0 Å². The number of rotatable bonds is 7. The Balaban J connectivity index is 4.12. The predicted molar refractivity (Wildman–Crippen MR) is 56.1 cm³/mol. The van der Waals surface area contributed by atoms with E-state index in [0.29, 0.717) is 12.8 Å². The van der Waals surface area contributed by atoms with Gasteiger partial charge in [-0.05, 0) is 12.8 Å². The molecule has 0 aromatic rings. The van der Waals surface area contributed by atoms with Crippen LogP contribution in [0.5, 0.6) is 0 Å². The van der Waals surface area contributed by atoms with E-state index >= 15 is 0 Å². The van der Waals surface area contributed by atoms with Crippen molar-refractivity contribution in [3.8, 4) is 6.07 Å². The molecular formula is C9H18N2O2S. The summed E-state index contributed by atoms with van der Waals surface area (Å²) in [4.78, 5) is 0. The maximum atomic E-state index is 11.4. The Morgan fingerprint density at radius 1 is 1.43 bits per heavy atom. The zero-order valence-electron chi connectivity index (χ0n) is 8.78. The molecule has 0 saturated heterocycles. The van der Waals surface area contributed by atoms with E-state index in [0.717, 1.165) is 6.42 Å². The molecule has 0 aliphatic carbocycles. The molecule has 5 heteroatoms. The third kappa shape index (κ3) is 5.95. The summed E-state index contributed by atoms with van der Waals surface area (Å²) in [5.74, 6) is 0.158. The molecule has 0 aliphatic heterocycles. The maximum Gasteiger partial charge on any atom is 0.211 e. The second-order valence-electron chi connectivity index (χ2n) is 3.26. The minimum Gasteiger partial charge on any atom is -0.212 e. The molecule has 0 aliphatic rings. The molecule has 0 fully saturated rings. The average molecular weight is 218 g/mol. The van der Waals surface area contributed by atoms with E-state index in [1.165, 1.54) is 0 Å². The molecule has 0 heterocycles. The zero-order chi connectivity index (χ0) is 11.0. The van der Waals surface area contributed by atoms with Crippen molar-refractivity contribution in [2.24, 2.45) is 0 Å². The summed E-state index contributed by atoms with van der Waals surface area (Å²) in [6.45, 7) is 3.81. The van der Waals surface area contributed by atoms with Crippen LogP contribution in [0.3, 0.4) is 0 Å². The summed E-state index contributed by atoms with van der Waals surface area (Å²) in [6.07, 6.45) is 2.41. The van der Waals surface area contributed by atoms with Gasteiger partial charge >= 0.3 is 0 Å². The van der Waals surface area contributed by atoms with E-state index in [2.05, 4.69) is 4.72 Å². The Morgan fingerprint density at radius 2 is 2.07 bits per heavy atom. The first kappa shape index (κ1) is 13.4. The molecule has 1 unspecified atom stereocenters. The summed E-state index contributed by atoms with van der Waals surface area (Å²) < 4.78 is 25.4. The molecule has 1 N–H and O–H groups in total. The lowest BCUT2D eigenvalue weighted by molar-refractivity contribution is 0.541. The van der Waals surface area contributed by atoms with E-state index in [-0.39, 0.29) is 18.2 Å². The summed E-state index contributed by atoms with van der Waals surface area (Å²) in [6, 6.07) is 1.74. The largest absolute Gasteiger partial charge is 0.212 e. The Morgan fingerprint density at radius 3 is 2.50 bits per heavy atom. The summed E-state index contributed by atoms with van der Waals surface area (Å²) in [5, 5.41) is 8.46. The molecule has 82 valence electrons. The molecule has 0 spiro atoms. The first-order valence-corrected chi connectivity index (χ1v) is 6.57. The highest BCUT2D eigenvalue weighted by atomic mass is 32.2. The molecule has 0 saturated carbocycles. The van der Waals surface area contributed by atoms with Crippen molar-refractivity contribution in [1.29, 1.82) is 5.26 Å². The van der Waals surface area contributed by atoms with Gasteiger partial charge in [0.25, 0.3) is 0 Å². The van der Waals surface area contributed by atoms with Gasteiger partial charge in [-0.2, -0.15) is 5.26 Å². The summed E-state index contributed by atoms with van der Waals surface area (Å²) in [5.41, 5.74) is 0. The molecule has 0 amide bonds. The van der Waals surface area contributed by atoms with Gasteiger partial charge < -0.3 is 0 Å². The van der Waals surface area contributed by atoms with Gasteiger partial charge in [0.1, 0.15) is 0 Å². The van der Waals surface area contributed by atoms with Gasteiger partial charge in [0.15, 0.2) is 0 Å². The van der Waals surface area contributed by atoms with Crippen LogP contribution in [0.1, 0.15) is 39.5 Å². The topological polar surface area (TPSA) is 70.0 Å². The van der Waals surface area contributed by atoms with Gasteiger partial charge in [-0.1, -0.05) is 20.3 Å². The molecule has 0 radical (unpaired) electrons. The molecule has 14 heavy (non-hydrogen) atoms. The van der Waals surface area contributed by atoms with Crippen molar-refractivity contribution in [3.05, 3.63) is 0 Å². The van der Waals surface area contributed by atoms with E-state index in [1.807, 2.05) is 19.9 Å². The van der Waals surface area contributed by atoms with Gasteiger partial charge in [0, 0.05) is 6.04 Å². The van der Waals surface area contributed by atoms with Crippen LogP contribution in [0.15, 0.2) is 0 Å². The molecule has 0 aromatic carbocycles. The van der Waals surface area contributed by atoms with E-state index in [9.17, 15) is 8.42 Å². The number of nitrogens with zero attached hydrogens (tertiary/aromatic N) is 1. The minimum absolute atomic E-state index is 0.158. The average Bonchev–Trinajstić information content (AvgIpc) is 2.14. The normalized spacial score (nSPS) is 13.5. The highest BCUT2D eigenvalue weighted by Crippen LogP contribution is 2.01. The van der Waals surface area contributed by atoms with Crippen LogP contribution in [0.4, 0.5) is 0 Å². The smallest absolute Gasteiger partial charge is 0.211 e. The van der Waals surface area contributed by atoms with Gasteiger partial charge in [0.2, 0.25) is 10.0 Å². The quantitative estimate of drug-likeness (QED) is 0.702. The van der Waals surface area contributed by atoms with Crippen LogP contribution >= 0.6 is 0 Å². The minimum atomic E-state index is -3.18. The SMILES string of the molecule is CCCCS(=O)(=O)NC(CC)CC#N. The Kier molecular flexibility index (Phi) is 6.50. The Bertz CT molecular complexity index is 280. The lowest BCUT2D eigenvalue weighted by Gasteiger charge is -2.13. The third-order valence-corrected chi connectivity index (χ3v) is 3.46. The number of nitriles is 1. The molecule has 4 nitrogen and oxygen atoms in total. The van der Waals surface area contributed by atoms with Crippen molar-refractivity contribution in [1.82, 2.24) is 4.72 Å². The van der Waals surface area contributed by atoms with Crippen molar-refractivity contribution < 1.29 is 8.42 Å². The van der Waals surface area contributed by atoms with Crippen molar-refractivity contribution in [3.63, 3.8) is 0 Å². The second kappa shape index (κ2) is 6.80. The highest BCUT2D eigenvalue weighted by Gasteiger charge is 2.15. The fraction of sp³-hybridized carbons (Fsp3) is 0.889. The maximum absolute atomic E-state index is 11.4. The molecule has 1 atom stereocenters. The number of unbranched alkanes of at least 4 members (excludes halogenated alkanes) is 1. The van der Waals surface area contributed by atoms with Gasteiger partial charge in [-0.15, -0.1) is 0 Å². The van der Waals surface area contributed by atoms with Crippen molar-refractivity contribution in [2.75, 3.05) is 5.75 Å². The number of hydrogen-bond acceptors (Lipinski definition) is 3. The molecule has 0 aromatic heterocycles. The number of sulfonamides is 1. The van der Waals surface area contributed by atoms with Crippen LogP contribution < -0.4 is 4.72 Å². The van der Waals surface area contributed by atoms with Gasteiger partial charge in [0.05, 0.1) is 18.2 Å². The van der Waals surface area contributed by atoms with Crippen LogP contribution in [0, 0.1) is 11.3 Å². The summed E-state index contributed by atoms with van der Waals surface area (Å²) >= 11 is 0. The second-order valence-corrected chi connectivity index (χ2v) is 5.13. The van der Waals surface area contributed by atoms with Crippen molar-refractivity contribution in [2.45, 2.75) is 45.6 Å². The van der Waals surface area contributed by atoms with E-state index < -0.39 is 10.0 Å². The Hall–Kier alpha value is -0.600. The lowest BCUT2D eigenvalue weighted by atomic mass is 10.2. The third-order valence-electron chi connectivity index (χ3n) is 1.94. The lowest BCUT2D eigenvalue weighted by Crippen LogP contribution is -2.35. The first-order valence-electron chi connectivity index (χ1n) is 4.92. The van der Waals surface area contributed by atoms with Crippen LogP contribution in [0.2, 0.25) is 0 Å². The van der Waals surface area contributed by atoms with Crippen LogP contribution in [-0.2, 0) is 10.0 Å². The fourth-order valence-corrected chi connectivity index (χ4v) is 2.57. The zero-order valence-corrected chi connectivity index (χ0v) is 9.60. The first-order chi connectivity index (χ1) is 6.55. The highest BCUT2D eigenvalue weighted by molar-refractivity contribution is 7.89. The fourth-order valence-electron chi connectivity index (χ4n) is 1.03. The molecular weight excluding hydrogens is 200 g/mol. The Labute approximate surface area is 86.4 Å². The monoisotopic (exact) mass is 218 g/mol. The number of hydrogen-bond donors (Lipinski definition) is 1. The van der Waals surface area contributed by atoms with Crippen LogP contribution in [0.25, 0.3) is 0 Å². The standard InChI is InChI=1S/C9H18N2O2S/c1-3-5-8-14(12,13)11-9(4-2)6-7-10/h9,11H,3-6,8H2,1-2H3. The van der Waals surface area contributed by atoms with E-state index in [1.54, 1.807) is 0 Å². The summed E-state index contributed by atoms with van der Waals surface area (Å²) in [7, 11) is -3.18. The predicted octanol–water partition coefficient (Wildman–Crippen LogP) is 1.40. The van der Waals surface area contributed by atoms with Gasteiger partial charge in [-0.3, -0.25) is 0 Å². The van der Waals surface area contributed by atoms with Gasteiger partial charge in [-0.25, -0.2) is 13.1 Å². The van der Waals surface area contributed by atoms with E-state index in [4.69, 9.17) is 5.26 Å². The molecule has 0 rings (SSSR count). The van der Waals surface area contributed by atoms with Crippen LogP contribution in [-0.4, -0.2) is 20.2 Å². The molecule has 0 bridgehead atoms.